The van der Waals surface area contributed by atoms with E-state index in [-0.39, 0.29) is 5.75 Å². The molecule has 32 heavy (non-hydrogen) atoms. The molecule has 0 aliphatic carbocycles. The van der Waals surface area contributed by atoms with Gasteiger partial charge < -0.3 is 24.5 Å². The molecule has 2 aliphatic rings. The van der Waals surface area contributed by atoms with Gasteiger partial charge in [-0.2, -0.15) is 0 Å². The largest absolute Gasteiger partial charge is 0.545 e. The molecule has 178 valence electrons. The molecule has 0 saturated heterocycles. The number of carbonyl (C=O) groups is 2. The lowest BCUT2D eigenvalue weighted by Gasteiger charge is -2.12. The first-order valence-electron chi connectivity index (χ1n) is 10.5. The van der Waals surface area contributed by atoms with Crippen LogP contribution >= 0.6 is 0 Å². The highest BCUT2D eigenvalue weighted by Crippen LogP contribution is 2.16. The van der Waals surface area contributed by atoms with Gasteiger partial charge in [0.1, 0.15) is 30.9 Å². The van der Waals surface area contributed by atoms with Gasteiger partial charge in [0.2, 0.25) is 11.7 Å². The Morgan fingerprint density at radius 3 is 1.53 bits per heavy atom. The van der Waals surface area contributed by atoms with E-state index in [1.807, 2.05) is 0 Å². The van der Waals surface area contributed by atoms with Crippen molar-refractivity contribution in [1.29, 1.82) is 0 Å². The molecule has 0 N–H and O–H groups in total. The minimum Gasteiger partial charge on any atom is -0.545 e. The van der Waals surface area contributed by atoms with Crippen molar-refractivity contribution < 1.29 is 33.7 Å². The first-order valence-corrected chi connectivity index (χ1v) is 10.5. The Morgan fingerprint density at radius 1 is 0.906 bits per heavy atom. The molecule has 0 aromatic heterocycles. The predicted octanol–water partition coefficient (Wildman–Crippen LogP) is -0.816. The van der Waals surface area contributed by atoms with Gasteiger partial charge in [0.15, 0.2) is 0 Å². The maximum atomic E-state index is 10.5. The quantitative estimate of drug-likeness (QED) is 0.557. The van der Waals surface area contributed by atoms with E-state index >= 15 is 0 Å². The van der Waals surface area contributed by atoms with Gasteiger partial charge in [-0.05, 0) is 32.0 Å². The molecule has 2 aliphatic heterocycles. The number of likely N-dealkylation sites (N-methyl/N-ethyl adjacent to an activating group) is 4. The molecular weight excluding hydrogens is 412 g/mol. The first-order chi connectivity index (χ1) is 14.8. The van der Waals surface area contributed by atoms with E-state index in [9.17, 15) is 19.8 Å². The van der Waals surface area contributed by atoms with Crippen LogP contribution in [-0.4, -0.2) is 103 Å². The van der Waals surface area contributed by atoms with Crippen LogP contribution in [0.5, 0.6) is 5.75 Å². The Balaban J connectivity index is 0.000000250. The summed E-state index contributed by atoms with van der Waals surface area (Å²) >= 11 is 0. The highest BCUT2D eigenvalue weighted by Gasteiger charge is 2.27. The number of hydrogen-bond acceptors (Lipinski definition) is 7. The first kappa shape index (κ1) is 26.9. The van der Waals surface area contributed by atoms with Crippen LogP contribution in [0.1, 0.15) is 48.4 Å². The van der Waals surface area contributed by atoms with Crippen molar-refractivity contribution in [1.82, 2.24) is 9.80 Å². The predicted molar refractivity (Wildman–Crippen MR) is 120 cm³/mol. The number of nitrogens with zero attached hydrogens (tertiary/aromatic N) is 4. The summed E-state index contributed by atoms with van der Waals surface area (Å²) in [6.45, 7) is 11.1. The number of hydrogen-bond donors (Lipinski definition) is 0. The van der Waals surface area contributed by atoms with Crippen LogP contribution in [0.2, 0.25) is 0 Å². The second-order valence-corrected chi connectivity index (χ2v) is 8.26. The highest BCUT2D eigenvalue weighted by molar-refractivity contribution is 6.00. The molecule has 2 unspecified atom stereocenters. The van der Waals surface area contributed by atoms with Crippen LogP contribution in [0.25, 0.3) is 0 Å². The van der Waals surface area contributed by atoms with Crippen molar-refractivity contribution in [3.8, 4) is 5.75 Å². The summed E-state index contributed by atoms with van der Waals surface area (Å²) < 4.78 is 9.35. The number of ether oxygens (including phenoxy) is 1. The third-order valence-electron chi connectivity index (χ3n) is 6.19. The Labute approximate surface area is 190 Å². The second kappa shape index (κ2) is 11.5. The van der Waals surface area contributed by atoms with Crippen LogP contribution in [-0.2, 0) is 0 Å². The molecule has 1 aromatic carbocycles. The van der Waals surface area contributed by atoms with Gasteiger partial charge in [-0.25, -0.2) is 0 Å². The highest BCUT2D eigenvalue weighted by atomic mass is 16.5. The molecule has 0 amide bonds. The second-order valence-electron chi connectivity index (χ2n) is 8.26. The molecule has 2 heterocycles. The number of carbonyl (C=O) groups excluding carboxylic acids is 2. The van der Waals surface area contributed by atoms with Crippen LogP contribution in [0.15, 0.2) is 18.2 Å². The molecule has 0 spiro atoms. The Hall–Kier alpha value is -3.10. The maximum absolute atomic E-state index is 10.5. The van der Waals surface area contributed by atoms with Gasteiger partial charge in [-0.3, -0.25) is 19.0 Å². The Bertz CT molecular complexity index is 842. The SMILES string of the molecule is CC1=[N+](C)C(C)CN1C.CC1=[N+](C)C(C)CN1C.COc1ccc(C(=O)[O-])c(C(=O)[O-])c1. The number of rotatable bonds is 3. The average Bonchev–Trinajstić information content (AvgIpc) is 3.10. The van der Waals surface area contributed by atoms with E-state index in [2.05, 4.69) is 74.8 Å². The summed E-state index contributed by atoms with van der Waals surface area (Å²) in [5.74, 6) is -0.144. The van der Waals surface area contributed by atoms with E-state index in [1.54, 1.807) is 0 Å². The standard InChI is InChI=1S/C9H8O5.2C7H15N2/c1-14-5-2-3-6(8(10)11)7(4-5)9(12)13;2*1-6-5-8(3)7(2)9(6)4/h2-4H,1H3,(H,10,11)(H,12,13);2*6H,5H2,1-4H3/q;2*+1/p-2. The topological polar surface area (TPSA) is 102 Å². The molecule has 0 radical (unpaired) electrons. The van der Waals surface area contributed by atoms with Crippen molar-refractivity contribution >= 4 is 23.6 Å². The zero-order chi connectivity index (χ0) is 24.7. The van der Waals surface area contributed by atoms with E-state index in [0.717, 1.165) is 12.1 Å². The van der Waals surface area contributed by atoms with Crippen molar-refractivity contribution in [2.45, 2.75) is 39.8 Å². The normalized spacial score (nSPS) is 19.9. The fraction of sp³-hybridized carbons (Fsp3) is 0.565. The average molecular weight is 449 g/mol. The third kappa shape index (κ3) is 6.70. The molecule has 9 nitrogen and oxygen atoms in total. The van der Waals surface area contributed by atoms with Crippen molar-refractivity contribution in [2.75, 3.05) is 48.4 Å². The van der Waals surface area contributed by atoms with Crippen LogP contribution in [0, 0.1) is 0 Å². The minimum absolute atomic E-state index is 0.245. The zero-order valence-electron chi connectivity index (χ0n) is 20.6. The van der Waals surface area contributed by atoms with Crippen LogP contribution < -0.4 is 14.9 Å². The minimum atomic E-state index is -1.58. The van der Waals surface area contributed by atoms with E-state index < -0.39 is 23.1 Å². The zero-order valence-corrected chi connectivity index (χ0v) is 20.6. The summed E-state index contributed by atoms with van der Waals surface area (Å²) in [6, 6.07) is 4.88. The van der Waals surface area contributed by atoms with Crippen LogP contribution in [0.4, 0.5) is 0 Å². The summed E-state index contributed by atoms with van der Waals surface area (Å²) in [7, 11) is 9.89. The number of benzene rings is 1. The maximum Gasteiger partial charge on any atom is 0.243 e. The summed E-state index contributed by atoms with van der Waals surface area (Å²) in [5.41, 5.74) is -0.879. The van der Waals surface area contributed by atoms with Crippen molar-refractivity contribution in [3.05, 3.63) is 29.3 Å². The number of methoxy groups -OCH3 is 1. The summed E-state index contributed by atoms with van der Waals surface area (Å²) in [5, 5.41) is 21.0. The van der Waals surface area contributed by atoms with Gasteiger partial charge in [-0.1, -0.05) is 0 Å². The molecule has 1 aromatic rings. The lowest BCUT2D eigenvalue weighted by molar-refractivity contribution is -0.523. The number of amidine groups is 2. The van der Waals surface area contributed by atoms with Crippen molar-refractivity contribution in [3.63, 3.8) is 0 Å². The van der Waals surface area contributed by atoms with Crippen LogP contribution in [0.3, 0.4) is 0 Å². The Kier molecular flexibility index (Phi) is 9.68. The van der Waals surface area contributed by atoms with E-state index in [0.29, 0.717) is 12.1 Å². The Morgan fingerprint density at radius 2 is 1.31 bits per heavy atom. The lowest BCUT2D eigenvalue weighted by atomic mass is 10.1. The van der Waals surface area contributed by atoms with E-state index in [4.69, 9.17) is 4.74 Å². The molecule has 0 fully saturated rings. The van der Waals surface area contributed by atoms with Gasteiger partial charge in [0.25, 0.3) is 0 Å². The van der Waals surface area contributed by atoms with Gasteiger partial charge in [-0.15, -0.1) is 0 Å². The molecule has 0 bridgehead atoms. The van der Waals surface area contributed by atoms with E-state index in [1.165, 1.54) is 37.9 Å². The smallest absolute Gasteiger partial charge is 0.243 e. The lowest BCUT2D eigenvalue weighted by Crippen LogP contribution is -2.30. The molecule has 2 atom stereocenters. The van der Waals surface area contributed by atoms with Crippen molar-refractivity contribution in [2.24, 2.45) is 0 Å². The summed E-state index contributed by atoms with van der Waals surface area (Å²) in [6.07, 6.45) is 0. The number of aromatic carboxylic acids is 2. The molecule has 0 saturated carbocycles. The third-order valence-corrected chi connectivity index (χ3v) is 6.19. The summed E-state index contributed by atoms with van der Waals surface area (Å²) in [4.78, 5) is 25.6. The molecule has 9 heteroatoms. The van der Waals surface area contributed by atoms with Gasteiger partial charge in [0.05, 0.1) is 47.2 Å². The molecular formula is C23H36N4O5. The monoisotopic (exact) mass is 448 g/mol. The fourth-order valence-corrected chi connectivity index (χ4v) is 3.48. The van der Waals surface area contributed by atoms with Gasteiger partial charge >= 0.3 is 0 Å². The number of carboxylic acid groups (broad SMARTS) is 2. The fourth-order valence-electron chi connectivity index (χ4n) is 3.48. The molecule has 3 rings (SSSR count). The van der Waals surface area contributed by atoms with Gasteiger partial charge in [0, 0.05) is 25.0 Å². The number of carboxylic acids is 2.